The van der Waals surface area contributed by atoms with Crippen molar-refractivity contribution >= 4 is 20.2 Å². The van der Waals surface area contributed by atoms with Crippen molar-refractivity contribution in [3.63, 3.8) is 0 Å². The first-order valence-corrected chi connectivity index (χ1v) is 10.5. The van der Waals surface area contributed by atoms with E-state index in [0.29, 0.717) is 0 Å². The van der Waals surface area contributed by atoms with Crippen molar-refractivity contribution in [2.75, 3.05) is 13.2 Å². The van der Waals surface area contributed by atoms with Crippen molar-refractivity contribution in [2.24, 2.45) is 0 Å². The minimum atomic E-state index is -4.13. The number of halogens is 1. The van der Waals surface area contributed by atoms with E-state index in [9.17, 15) is 21.2 Å². The van der Waals surface area contributed by atoms with Crippen LogP contribution < -0.4 is 0 Å². The molecule has 6 nitrogen and oxygen atoms in total. The van der Waals surface area contributed by atoms with Crippen LogP contribution in [-0.4, -0.2) is 36.2 Å². The van der Waals surface area contributed by atoms with Gasteiger partial charge >= 0.3 is 0 Å². The third-order valence-corrected chi connectivity index (χ3v) is 6.02. The van der Waals surface area contributed by atoms with Gasteiger partial charge in [0.2, 0.25) is 0 Å². The molecule has 0 saturated heterocycles. The fraction of sp³-hybridized carbons (Fsp3) is 0.294. The van der Waals surface area contributed by atoms with Crippen LogP contribution >= 0.6 is 0 Å². The van der Waals surface area contributed by atoms with Gasteiger partial charge in [-0.2, -0.15) is 16.8 Å². The van der Waals surface area contributed by atoms with E-state index < -0.39 is 39.6 Å². The Balaban J connectivity index is 1.91. The second kappa shape index (κ2) is 8.26. The van der Waals surface area contributed by atoms with Crippen LogP contribution in [0.15, 0.2) is 58.3 Å². The van der Waals surface area contributed by atoms with Crippen LogP contribution in [0.3, 0.4) is 0 Å². The van der Waals surface area contributed by atoms with E-state index in [1.165, 1.54) is 24.3 Å². The summed E-state index contributed by atoms with van der Waals surface area (Å²) >= 11 is 0. The Morgan fingerprint density at radius 3 is 1.35 bits per heavy atom. The lowest BCUT2D eigenvalue weighted by Crippen LogP contribution is -2.22. The molecular weight excluding hydrogens is 383 g/mol. The van der Waals surface area contributed by atoms with Crippen molar-refractivity contribution in [2.45, 2.75) is 29.8 Å². The Bertz CT molecular complexity index is 856. The molecule has 0 saturated carbocycles. The molecule has 0 fully saturated rings. The van der Waals surface area contributed by atoms with Crippen LogP contribution in [-0.2, 0) is 28.6 Å². The fourth-order valence-corrected chi connectivity index (χ4v) is 3.79. The van der Waals surface area contributed by atoms with Gasteiger partial charge in [0, 0.05) is 0 Å². The summed E-state index contributed by atoms with van der Waals surface area (Å²) in [5, 5.41) is 0. The summed E-state index contributed by atoms with van der Waals surface area (Å²) in [7, 11) is -8.26. The van der Waals surface area contributed by atoms with Crippen LogP contribution in [0.1, 0.15) is 11.1 Å². The fourth-order valence-electron chi connectivity index (χ4n) is 1.92. The Morgan fingerprint density at radius 2 is 1.04 bits per heavy atom. The summed E-state index contributed by atoms with van der Waals surface area (Å²) in [5.74, 6) is 0. The van der Waals surface area contributed by atoms with Gasteiger partial charge in [-0.15, -0.1) is 0 Å². The van der Waals surface area contributed by atoms with Crippen LogP contribution in [0.25, 0.3) is 0 Å². The van der Waals surface area contributed by atoms with Crippen molar-refractivity contribution in [1.82, 2.24) is 0 Å². The third-order valence-electron chi connectivity index (χ3n) is 3.43. The SMILES string of the molecule is Cc1ccc(S(=O)(=O)OCC(F)COS(=O)(=O)c2ccc(C)cc2)cc1. The van der Waals surface area contributed by atoms with Crippen LogP contribution in [0.4, 0.5) is 4.39 Å². The molecule has 2 aromatic rings. The zero-order chi connectivity index (χ0) is 19.4. The molecule has 0 spiro atoms. The molecule has 0 aliphatic heterocycles. The first-order valence-electron chi connectivity index (χ1n) is 7.66. The first kappa shape index (κ1) is 20.5. The molecule has 0 unspecified atom stereocenters. The summed E-state index contributed by atoms with van der Waals surface area (Å²) in [6.45, 7) is 1.89. The molecule has 142 valence electrons. The van der Waals surface area contributed by atoms with Gasteiger partial charge in [0.25, 0.3) is 20.2 Å². The standard InChI is InChI=1S/C17H19FO6S2/c1-13-3-7-16(8-4-13)25(19,20)23-11-15(18)12-24-26(21,22)17-9-5-14(2)6-10-17/h3-10,15H,11-12H2,1-2H3. The summed E-state index contributed by atoms with van der Waals surface area (Å²) in [4.78, 5) is -0.216. The van der Waals surface area contributed by atoms with Gasteiger partial charge in [-0.3, -0.25) is 8.37 Å². The lowest BCUT2D eigenvalue weighted by molar-refractivity contribution is 0.141. The second-order valence-corrected chi connectivity index (χ2v) is 8.93. The molecule has 26 heavy (non-hydrogen) atoms. The molecule has 0 aliphatic rings. The van der Waals surface area contributed by atoms with E-state index >= 15 is 0 Å². The highest BCUT2D eigenvalue weighted by atomic mass is 32.2. The van der Waals surface area contributed by atoms with E-state index in [0.717, 1.165) is 11.1 Å². The number of aryl methyl sites for hydroxylation is 2. The molecule has 0 aliphatic carbocycles. The maximum Gasteiger partial charge on any atom is 0.297 e. The monoisotopic (exact) mass is 402 g/mol. The van der Waals surface area contributed by atoms with E-state index in [-0.39, 0.29) is 9.79 Å². The topological polar surface area (TPSA) is 86.7 Å². The number of alkyl halides is 1. The Labute approximate surface area is 152 Å². The smallest absolute Gasteiger partial charge is 0.263 e. The molecular formula is C17H19FO6S2. The van der Waals surface area contributed by atoms with Gasteiger partial charge < -0.3 is 0 Å². The molecule has 0 amide bonds. The van der Waals surface area contributed by atoms with E-state index in [1.54, 1.807) is 38.1 Å². The Hall–Kier alpha value is -1.81. The van der Waals surface area contributed by atoms with Gasteiger partial charge in [-0.05, 0) is 38.1 Å². The highest BCUT2D eigenvalue weighted by Gasteiger charge is 2.21. The van der Waals surface area contributed by atoms with Crippen molar-refractivity contribution in [1.29, 1.82) is 0 Å². The Morgan fingerprint density at radius 1 is 0.731 bits per heavy atom. The van der Waals surface area contributed by atoms with Gasteiger partial charge in [0.15, 0.2) is 0 Å². The highest BCUT2D eigenvalue weighted by molar-refractivity contribution is 7.87. The Kier molecular flexibility index (Phi) is 6.51. The van der Waals surface area contributed by atoms with Crippen LogP contribution in [0.5, 0.6) is 0 Å². The minimum absolute atomic E-state index is 0.108. The molecule has 0 N–H and O–H groups in total. The minimum Gasteiger partial charge on any atom is -0.263 e. The number of rotatable bonds is 8. The molecule has 0 heterocycles. The largest absolute Gasteiger partial charge is 0.297 e. The lowest BCUT2D eigenvalue weighted by Gasteiger charge is -2.11. The first-order chi connectivity index (χ1) is 12.1. The molecule has 0 atom stereocenters. The van der Waals surface area contributed by atoms with Crippen molar-refractivity contribution in [3.05, 3.63) is 59.7 Å². The summed E-state index contributed by atoms with van der Waals surface area (Å²) < 4.78 is 70.9. The van der Waals surface area contributed by atoms with Gasteiger partial charge in [0.1, 0.15) is 19.4 Å². The maximum atomic E-state index is 13.8. The molecule has 2 rings (SSSR count). The van der Waals surface area contributed by atoms with Gasteiger partial charge in [-0.1, -0.05) is 35.4 Å². The number of hydrogen-bond donors (Lipinski definition) is 0. The zero-order valence-corrected chi connectivity index (χ0v) is 15.9. The predicted octanol–water partition coefficient (Wildman–Crippen LogP) is 2.75. The lowest BCUT2D eigenvalue weighted by atomic mass is 10.2. The summed E-state index contributed by atoms with van der Waals surface area (Å²) in [6.07, 6.45) is -1.93. The van der Waals surface area contributed by atoms with Gasteiger partial charge in [-0.25, -0.2) is 4.39 Å². The zero-order valence-electron chi connectivity index (χ0n) is 14.3. The highest BCUT2D eigenvalue weighted by Crippen LogP contribution is 2.16. The van der Waals surface area contributed by atoms with E-state index in [1.807, 2.05) is 0 Å². The van der Waals surface area contributed by atoms with E-state index in [4.69, 9.17) is 0 Å². The van der Waals surface area contributed by atoms with Gasteiger partial charge in [0.05, 0.1) is 9.79 Å². The number of benzene rings is 2. The van der Waals surface area contributed by atoms with Crippen molar-refractivity contribution < 1.29 is 29.6 Å². The van der Waals surface area contributed by atoms with Crippen molar-refractivity contribution in [3.8, 4) is 0 Å². The quantitative estimate of drug-likeness (QED) is 0.631. The van der Waals surface area contributed by atoms with E-state index in [2.05, 4.69) is 8.37 Å². The molecule has 9 heteroatoms. The maximum absolute atomic E-state index is 13.8. The summed E-state index contributed by atoms with van der Waals surface area (Å²) in [5.41, 5.74) is 1.73. The summed E-state index contributed by atoms with van der Waals surface area (Å²) in [6, 6.07) is 11.7. The normalized spacial score (nSPS) is 12.5. The molecule has 0 radical (unpaired) electrons. The second-order valence-electron chi connectivity index (χ2n) is 5.70. The molecule has 2 aromatic carbocycles. The number of hydrogen-bond acceptors (Lipinski definition) is 6. The molecule has 0 aromatic heterocycles. The predicted molar refractivity (Wildman–Crippen MR) is 93.5 cm³/mol. The molecule has 0 bridgehead atoms. The average molecular weight is 402 g/mol. The van der Waals surface area contributed by atoms with Crippen LogP contribution in [0, 0.1) is 13.8 Å². The van der Waals surface area contributed by atoms with Crippen LogP contribution in [0.2, 0.25) is 0 Å². The average Bonchev–Trinajstić information content (AvgIpc) is 2.59. The third kappa shape index (κ3) is 5.60.